The van der Waals surface area contributed by atoms with Crippen LogP contribution < -0.4 is 10.0 Å². The molecule has 3 aromatic rings. The van der Waals surface area contributed by atoms with Gasteiger partial charge in [-0.2, -0.15) is 0 Å². The number of piperidine rings is 1. The van der Waals surface area contributed by atoms with Gasteiger partial charge in [0.1, 0.15) is 5.65 Å². The summed E-state index contributed by atoms with van der Waals surface area (Å²) < 4.78 is 28.0. The van der Waals surface area contributed by atoms with Gasteiger partial charge in [0.05, 0.1) is 0 Å². The minimum Gasteiger partial charge on any atom is -0.343 e. The maximum Gasteiger partial charge on any atom is 0.258 e. The first-order chi connectivity index (χ1) is 13.4. The molecule has 1 aliphatic heterocycles. The highest BCUT2D eigenvalue weighted by molar-refractivity contribution is 7.89. The number of H-pyrrole nitrogens is 1. The molecule has 0 bridgehead atoms. The van der Waals surface area contributed by atoms with Crippen LogP contribution in [0.15, 0.2) is 41.7 Å². The highest BCUT2D eigenvalue weighted by atomic mass is 32.2. The molecule has 0 aromatic carbocycles. The monoisotopic (exact) mass is 399 g/mol. The molecular formula is C20H25N5O2S. The van der Waals surface area contributed by atoms with Crippen LogP contribution in [0.4, 0.5) is 0 Å². The van der Waals surface area contributed by atoms with Crippen molar-refractivity contribution in [3.8, 4) is 11.1 Å². The maximum atomic E-state index is 12.6. The summed E-state index contributed by atoms with van der Waals surface area (Å²) in [6.45, 7) is 5.90. The van der Waals surface area contributed by atoms with E-state index in [1.165, 1.54) is 0 Å². The number of pyridine rings is 2. The van der Waals surface area contributed by atoms with Crippen molar-refractivity contribution in [2.24, 2.45) is 0 Å². The van der Waals surface area contributed by atoms with Gasteiger partial charge in [-0.3, -0.25) is 0 Å². The van der Waals surface area contributed by atoms with Crippen LogP contribution in [0.5, 0.6) is 0 Å². The molecule has 0 amide bonds. The molecule has 3 aromatic heterocycles. The van der Waals surface area contributed by atoms with Crippen molar-refractivity contribution < 1.29 is 8.42 Å². The van der Waals surface area contributed by atoms with E-state index in [1.54, 1.807) is 24.5 Å². The predicted octanol–water partition coefficient (Wildman–Crippen LogP) is 2.78. The van der Waals surface area contributed by atoms with Gasteiger partial charge in [0.15, 0.2) is 5.03 Å². The third-order valence-corrected chi connectivity index (χ3v) is 6.59. The molecule has 1 saturated heterocycles. The number of aromatic amines is 1. The molecule has 148 valence electrons. The third kappa shape index (κ3) is 3.80. The second kappa shape index (κ2) is 7.62. The van der Waals surface area contributed by atoms with E-state index < -0.39 is 10.0 Å². The molecule has 1 fully saturated rings. The van der Waals surface area contributed by atoms with Crippen LogP contribution in [0.25, 0.3) is 22.2 Å². The number of nitrogens with one attached hydrogen (secondary N) is 3. The van der Waals surface area contributed by atoms with Crippen LogP contribution in [-0.4, -0.2) is 42.5 Å². The molecule has 3 N–H and O–H groups in total. The molecule has 8 heteroatoms. The van der Waals surface area contributed by atoms with Gasteiger partial charge in [-0.15, -0.1) is 0 Å². The molecule has 0 spiro atoms. The predicted molar refractivity (Wildman–Crippen MR) is 110 cm³/mol. The second-order valence-corrected chi connectivity index (χ2v) is 9.19. The highest BCUT2D eigenvalue weighted by Gasteiger charge is 2.23. The van der Waals surface area contributed by atoms with Gasteiger partial charge in [-0.05, 0) is 61.7 Å². The van der Waals surface area contributed by atoms with Gasteiger partial charge >= 0.3 is 0 Å². The Morgan fingerprint density at radius 3 is 2.61 bits per heavy atom. The average molecular weight is 400 g/mol. The number of nitrogens with zero attached hydrogens (tertiary/aromatic N) is 2. The number of fused-ring (bicyclic) bond motifs is 1. The lowest BCUT2D eigenvalue weighted by molar-refractivity contribution is 0.426. The lowest BCUT2D eigenvalue weighted by atomic mass is 10.0. The van der Waals surface area contributed by atoms with Crippen LogP contribution in [0.1, 0.15) is 38.3 Å². The standard InChI is InChI=1S/C20H25N5O2S/c1-13(2)18-11-17-16(7-10-22-20(17)24-18)14-3-4-19(23-12-14)28(26,27)25-15-5-8-21-9-6-15/h3-4,7,10-13,15,21,25H,5-6,8-9H2,1-2H3,(H,22,24). The zero-order valence-electron chi connectivity index (χ0n) is 16.1. The zero-order chi connectivity index (χ0) is 19.7. The second-order valence-electron chi connectivity index (χ2n) is 7.53. The number of sulfonamides is 1. The van der Waals surface area contributed by atoms with Crippen molar-refractivity contribution in [2.45, 2.75) is 43.7 Å². The number of hydrogen-bond donors (Lipinski definition) is 3. The number of aromatic nitrogens is 3. The minimum absolute atomic E-state index is 0.0399. The lowest BCUT2D eigenvalue weighted by Gasteiger charge is -2.23. The fourth-order valence-corrected chi connectivity index (χ4v) is 4.76. The third-order valence-electron chi connectivity index (χ3n) is 5.16. The van der Waals surface area contributed by atoms with E-state index in [2.05, 4.69) is 44.9 Å². The quantitative estimate of drug-likeness (QED) is 0.613. The Morgan fingerprint density at radius 1 is 1.14 bits per heavy atom. The summed E-state index contributed by atoms with van der Waals surface area (Å²) in [5, 5.41) is 4.29. The average Bonchev–Trinajstić information content (AvgIpc) is 3.13. The first-order valence-electron chi connectivity index (χ1n) is 9.61. The molecule has 0 saturated carbocycles. The molecule has 1 aliphatic rings. The van der Waals surface area contributed by atoms with Crippen LogP contribution in [0.2, 0.25) is 0 Å². The molecule has 4 heterocycles. The van der Waals surface area contributed by atoms with Gasteiger partial charge < -0.3 is 10.3 Å². The Labute approximate surface area is 165 Å². The van der Waals surface area contributed by atoms with Crippen LogP contribution in [0.3, 0.4) is 0 Å². The molecule has 0 aliphatic carbocycles. The molecule has 0 atom stereocenters. The molecule has 7 nitrogen and oxygen atoms in total. The fourth-order valence-electron chi connectivity index (χ4n) is 3.53. The van der Waals surface area contributed by atoms with Crippen molar-refractivity contribution in [2.75, 3.05) is 13.1 Å². The van der Waals surface area contributed by atoms with Gasteiger partial charge in [0, 0.05) is 35.1 Å². The van der Waals surface area contributed by atoms with Crippen molar-refractivity contribution in [3.05, 3.63) is 42.4 Å². The van der Waals surface area contributed by atoms with Crippen LogP contribution in [-0.2, 0) is 10.0 Å². The summed E-state index contributed by atoms with van der Waals surface area (Å²) >= 11 is 0. The summed E-state index contributed by atoms with van der Waals surface area (Å²) in [5.41, 5.74) is 3.79. The Hall–Kier alpha value is -2.29. The fraction of sp³-hybridized carbons (Fsp3) is 0.400. The largest absolute Gasteiger partial charge is 0.343 e. The SMILES string of the molecule is CC(C)c1cc2c(-c3ccc(S(=O)(=O)NC4CCNCC4)nc3)ccnc2[nH]1. The first-order valence-corrected chi connectivity index (χ1v) is 11.1. The van der Waals surface area contributed by atoms with E-state index in [4.69, 9.17) is 0 Å². The van der Waals surface area contributed by atoms with Gasteiger partial charge in [0.25, 0.3) is 10.0 Å². The highest BCUT2D eigenvalue weighted by Crippen LogP contribution is 2.30. The molecule has 28 heavy (non-hydrogen) atoms. The summed E-state index contributed by atoms with van der Waals surface area (Å²) in [6.07, 6.45) is 4.95. The van der Waals surface area contributed by atoms with Crippen molar-refractivity contribution in [3.63, 3.8) is 0 Å². The zero-order valence-corrected chi connectivity index (χ0v) is 16.9. The van der Waals surface area contributed by atoms with Crippen LogP contribution in [0, 0.1) is 0 Å². The minimum atomic E-state index is -3.62. The Kier molecular flexibility index (Phi) is 5.18. The summed E-state index contributed by atoms with van der Waals surface area (Å²) in [5.74, 6) is 0.369. The van der Waals surface area contributed by atoms with Crippen molar-refractivity contribution >= 4 is 21.1 Å². The molecule has 4 rings (SSSR count). The number of rotatable bonds is 5. The summed E-state index contributed by atoms with van der Waals surface area (Å²) in [6, 6.07) is 7.37. The van der Waals surface area contributed by atoms with Gasteiger partial charge in [-0.1, -0.05) is 13.8 Å². The topological polar surface area (TPSA) is 99.8 Å². The smallest absolute Gasteiger partial charge is 0.258 e. The van der Waals surface area contributed by atoms with Crippen molar-refractivity contribution in [1.82, 2.24) is 25.0 Å². The summed E-state index contributed by atoms with van der Waals surface area (Å²) in [4.78, 5) is 12.0. The maximum absolute atomic E-state index is 12.6. The van der Waals surface area contributed by atoms with E-state index in [-0.39, 0.29) is 11.1 Å². The Balaban J connectivity index is 1.62. The number of hydrogen-bond acceptors (Lipinski definition) is 5. The van der Waals surface area contributed by atoms with E-state index >= 15 is 0 Å². The molecule has 0 unspecified atom stereocenters. The van der Waals surface area contributed by atoms with E-state index in [9.17, 15) is 8.42 Å². The molecular weight excluding hydrogens is 374 g/mol. The van der Waals surface area contributed by atoms with Crippen molar-refractivity contribution in [1.29, 1.82) is 0 Å². The van der Waals surface area contributed by atoms with E-state index in [1.807, 2.05) is 6.07 Å². The lowest BCUT2D eigenvalue weighted by Crippen LogP contribution is -2.42. The molecule has 0 radical (unpaired) electrons. The Morgan fingerprint density at radius 2 is 1.93 bits per heavy atom. The van der Waals surface area contributed by atoms with Gasteiger partial charge in [0.2, 0.25) is 0 Å². The summed E-state index contributed by atoms with van der Waals surface area (Å²) in [7, 11) is -3.62. The van der Waals surface area contributed by atoms with Gasteiger partial charge in [-0.25, -0.2) is 23.1 Å². The normalized spacial score (nSPS) is 16.1. The van der Waals surface area contributed by atoms with E-state index in [0.29, 0.717) is 5.92 Å². The van der Waals surface area contributed by atoms with Crippen LogP contribution >= 0.6 is 0 Å². The first kappa shape index (κ1) is 19.0. The Bertz CT molecular complexity index is 1070. The van der Waals surface area contributed by atoms with E-state index in [0.717, 1.165) is 53.8 Å².